The van der Waals surface area contributed by atoms with Crippen molar-refractivity contribution in [2.75, 3.05) is 0 Å². The van der Waals surface area contributed by atoms with Crippen molar-refractivity contribution in [2.45, 2.75) is 77.7 Å². The number of hydrogen-bond donors (Lipinski definition) is 0. The molecule has 7 atom stereocenters. The van der Waals surface area contributed by atoms with E-state index < -0.39 is 0 Å². The van der Waals surface area contributed by atoms with Gasteiger partial charge in [0.1, 0.15) is 11.9 Å². The minimum Gasteiger partial charge on any atom is -0.458 e. The summed E-state index contributed by atoms with van der Waals surface area (Å²) in [6.07, 6.45) is 9.79. The number of rotatable bonds is 2. The third kappa shape index (κ3) is 2.99. The van der Waals surface area contributed by atoms with Crippen molar-refractivity contribution in [1.82, 2.24) is 0 Å². The van der Waals surface area contributed by atoms with Gasteiger partial charge in [-0.05, 0) is 86.2 Å². The molecule has 4 fully saturated rings. The van der Waals surface area contributed by atoms with Gasteiger partial charge in [-0.25, -0.2) is 4.79 Å². The Hall–Kier alpha value is -1.64. The molecule has 4 saturated carbocycles. The van der Waals surface area contributed by atoms with Crippen LogP contribution in [0.4, 0.5) is 0 Å². The molecule has 1 aromatic carbocycles. The van der Waals surface area contributed by atoms with E-state index >= 15 is 0 Å². The number of ketones is 1. The minimum absolute atomic E-state index is 0.0413. The highest BCUT2D eigenvalue weighted by atomic mass is 16.5. The van der Waals surface area contributed by atoms with Crippen molar-refractivity contribution in [2.24, 2.45) is 34.5 Å². The molecule has 0 N–H and O–H groups in total. The van der Waals surface area contributed by atoms with Gasteiger partial charge in [-0.1, -0.05) is 32.0 Å². The second-order valence-electron chi connectivity index (χ2n) is 10.8. The van der Waals surface area contributed by atoms with E-state index in [9.17, 15) is 9.59 Å². The number of benzene rings is 1. The van der Waals surface area contributed by atoms with Gasteiger partial charge < -0.3 is 4.74 Å². The molecule has 3 nitrogen and oxygen atoms in total. The highest BCUT2D eigenvalue weighted by molar-refractivity contribution is 5.89. The molecule has 5 unspecified atom stereocenters. The highest BCUT2D eigenvalue weighted by Crippen LogP contribution is 2.66. The minimum atomic E-state index is -0.166. The van der Waals surface area contributed by atoms with Crippen molar-refractivity contribution in [3.05, 3.63) is 35.9 Å². The number of fused-ring (bicyclic) bond motifs is 5. The molecule has 0 bridgehead atoms. The van der Waals surface area contributed by atoms with E-state index in [1.165, 1.54) is 25.7 Å². The van der Waals surface area contributed by atoms with E-state index in [0.29, 0.717) is 28.6 Å². The molecule has 0 heterocycles. The number of Topliss-reactive ketones (excluding diaryl/α,β-unsaturated/α-hetero) is 1. The monoisotopic (exact) mass is 394 g/mol. The molecule has 4 aliphatic rings. The predicted molar refractivity (Wildman–Crippen MR) is 112 cm³/mol. The summed E-state index contributed by atoms with van der Waals surface area (Å²) in [4.78, 5) is 24.8. The van der Waals surface area contributed by atoms with Crippen LogP contribution in [0, 0.1) is 34.5 Å². The summed E-state index contributed by atoms with van der Waals surface area (Å²) in [5.74, 6) is 3.06. The topological polar surface area (TPSA) is 43.4 Å². The van der Waals surface area contributed by atoms with Crippen molar-refractivity contribution in [3.8, 4) is 0 Å². The van der Waals surface area contributed by atoms with Gasteiger partial charge in [0, 0.05) is 18.3 Å². The molecule has 3 heteroatoms. The van der Waals surface area contributed by atoms with Crippen LogP contribution in [0.15, 0.2) is 30.3 Å². The number of carbonyl (C=O) groups excluding carboxylic acids is 2. The Morgan fingerprint density at radius 2 is 1.69 bits per heavy atom. The molecule has 0 aromatic heterocycles. The maximum absolute atomic E-state index is 12.7. The molecule has 156 valence electrons. The van der Waals surface area contributed by atoms with Crippen LogP contribution < -0.4 is 0 Å². The largest absolute Gasteiger partial charge is 0.458 e. The van der Waals surface area contributed by atoms with Crippen LogP contribution in [-0.2, 0) is 9.53 Å². The summed E-state index contributed by atoms with van der Waals surface area (Å²) in [7, 11) is 0. The molecule has 29 heavy (non-hydrogen) atoms. The van der Waals surface area contributed by atoms with Crippen molar-refractivity contribution in [1.29, 1.82) is 0 Å². The smallest absolute Gasteiger partial charge is 0.338 e. The molecule has 0 amide bonds. The fourth-order valence-electron chi connectivity index (χ4n) is 7.96. The first-order chi connectivity index (χ1) is 13.9. The molecule has 0 radical (unpaired) electrons. The Balaban J connectivity index is 1.34. The van der Waals surface area contributed by atoms with Crippen LogP contribution in [0.3, 0.4) is 0 Å². The maximum Gasteiger partial charge on any atom is 0.338 e. The average Bonchev–Trinajstić information content (AvgIpc) is 3.05. The van der Waals surface area contributed by atoms with Gasteiger partial charge in [0.2, 0.25) is 0 Å². The zero-order valence-electron chi connectivity index (χ0n) is 17.9. The third-order valence-electron chi connectivity index (χ3n) is 9.65. The lowest BCUT2D eigenvalue weighted by atomic mass is 9.45. The van der Waals surface area contributed by atoms with Crippen molar-refractivity contribution >= 4 is 11.8 Å². The van der Waals surface area contributed by atoms with Gasteiger partial charge in [-0.2, -0.15) is 0 Å². The summed E-state index contributed by atoms with van der Waals surface area (Å²) in [5.41, 5.74) is 1.11. The summed E-state index contributed by atoms with van der Waals surface area (Å²) in [6, 6.07) is 9.42. The van der Waals surface area contributed by atoms with E-state index in [1.54, 1.807) is 0 Å². The second kappa shape index (κ2) is 6.96. The fourth-order valence-corrected chi connectivity index (χ4v) is 7.96. The van der Waals surface area contributed by atoms with E-state index in [2.05, 4.69) is 13.8 Å². The summed E-state index contributed by atoms with van der Waals surface area (Å²) >= 11 is 0. The molecular formula is C26H34O3. The lowest BCUT2D eigenvalue weighted by Gasteiger charge is -2.60. The normalized spacial score (nSPS) is 43.8. The van der Waals surface area contributed by atoms with Crippen LogP contribution >= 0.6 is 0 Å². The van der Waals surface area contributed by atoms with Gasteiger partial charge in [-0.3, -0.25) is 4.79 Å². The van der Waals surface area contributed by atoms with Crippen molar-refractivity contribution < 1.29 is 14.3 Å². The van der Waals surface area contributed by atoms with E-state index in [-0.39, 0.29) is 17.5 Å². The van der Waals surface area contributed by atoms with E-state index in [1.807, 2.05) is 30.3 Å². The van der Waals surface area contributed by atoms with Gasteiger partial charge in [0.25, 0.3) is 0 Å². The number of carbonyl (C=O) groups is 2. The Kier molecular flexibility index (Phi) is 4.64. The van der Waals surface area contributed by atoms with Gasteiger partial charge in [0.15, 0.2) is 0 Å². The van der Waals surface area contributed by atoms with Gasteiger partial charge in [-0.15, -0.1) is 0 Å². The molecule has 0 spiro atoms. The molecule has 1 aromatic rings. The molecule has 5 rings (SSSR count). The lowest BCUT2D eigenvalue weighted by Crippen LogP contribution is -2.54. The van der Waals surface area contributed by atoms with Crippen LogP contribution in [0.25, 0.3) is 0 Å². The first-order valence-electron chi connectivity index (χ1n) is 11.7. The SMILES string of the molecule is C[C@]12CCC(=O)CC1CCC1C2CC[C@]2(C)C(OC(=O)c3ccccc3)CCC12. The first kappa shape index (κ1) is 19.3. The Morgan fingerprint density at radius 1 is 0.931 bits per heavy atom. The summed E-state index contributed by atoms with van der Waals surface area (Å²) in [5, 5.41) is 0. The highest BCUT2D eigenvalue weighted by Gasteiger charge is 2.61. The zero-order valence-corrected chi connectivity index (χ0v) is 17.9. The standard InChI is InChI=1S/C26H34O3/c1-25-14-12-19(27)16-18(25)8-9-20-21-10-11-23(26(21,2)15-13-22(20)25)29-24(28)17-6-4-3-5-7-17/h3-7,18,20-23H,8-16H2,1-2H3/t18?,20?,21?,22?,23?,25-,26-/m0/s1. The Bertz CT molecular complexity index is 801. The lowest BCUT2D eigenvalue weighted by molar-refractivity contribution is -0.142. The third-order valence-corrected chi connectivity index (χ3v) is 9.65. The summed E-state index contributed by atoms with van der Waals surface area (Å²) < 4.78 is 6.11. The average molecular weight is 395 g/mol. The van der Waals surface area contributed by atoms with E-state index in [0.717, 1.165) is 43.9 Å². The van der Waals surface area contributed by atoms with E-state index in [4.69, 9.17) is 4.74 Å². The zero-order chi connectivity index (χ0) is 20.2. The van der Waals surface area contributed by atoms with Crippen molar-refractivity contribution in [3.63, 3.8) is 0 Å². The van der Waals surface area contributed by atoms with Crippen LogP contribution in [0.5, 0.6) is 0 Å². The molecular weight excluding hydrogens is 360 g/mol. The Labute approximate surface area is 174 Å². The van der Waals surface area contributed by atoms with Gasteiger partial charge >= 0.3 is 5.97 Å². The van der Waals surface area contributed by atoms with Crippen LogP contribution in [-0.4, -0.2) is 17.9 Å². The fraction of sp³-hybridized carbons (Fsp3) is 0.692. The first-order valence-corrected chi connectivity index (χ1v) is 11.7. The molecule has 0 aliphatic heterocycles. The summed E-state index contributed by atoms with van der Waals surface area (Å²) in [6.45, 7) is 4.88. The number of hydrogen-bond acceptors (Lipinski definition) is 3. The van der Waals surface area contributed by atoms with Crippen LogP contribution in [0.1, 0.15) is 82.0 Å². The molecule has 0 saturated heterocycles. The maximum atomic E-state index is 12.7. The van der Waals surface area contributed by atoms with Gasteiger partial charge in [0.05, 0.1) is 5.56 Å². The molecule has 4 aliphatic carbocycles. The quantitative estimate of drug-likeness (QED) is 0.593. The number of ether oxygens (including phenoxy) is 1. The van der Waals surface area contributed by atoms with Crippen LogP contribution in [0.2, 0.25) is 0 Å². The predicted octanol–water partition coefficient (Wildman–Crippen LogP) is 5.82. The number of esters is 1. The Morgan fingerprint density at radius 3 is 2.48 bits per heavy atom. The second-order valence-corrected chi connectivity index (χ2v) is 10.8.